The van der Waals surface area contributed by atoms with Crippen LogP contribution >= 0.6 is 0 Å². The zero-order valence-electron chi connectivity index (χ0n) is 11.9. The fraction of sp³-hybridized carbons (Fsp3) is 0.667. The molecule has 0 fully saturated rings. The minimum Gasteiger partial charge on any atom is -0.394 e. The van der Waals surface area contributed by atoms with Gasteiger partial charge in [0.25, 0.3) is 0 Å². The van der Waals surface area contributed by atoms with Gasteiger partial charge in [0.05, 0.1) is 17.9 Å². The topological polar surface area (TPSA) is 67.4 Å². The van der Waals surface area contributed by atoms with Crippen molar-refractivity contribution in [2.45, 2.75) is 19.8 Å². The Morgan fingerprint density at radius 2 is 2.00 bits per heavy atom. The predicted octanol–water partition coefficient (Wildman–Crippen LogP) is 0.479. The van der Waals surface area contributed by atoms with Crippen molar-refractivity contribution in [3.8, 4) is 0 Å². The molecule has 0 unspecified atom stereocenters. The van der Waals surface area contributed by atoms with Gasteiger partial charge in [0.1, 0.15) is 0 Å². The van der Waals surface area contributed by atoms with Crippen LogP contribution in [0.3, 0.4) is 0 Å². The molecule has 102 valence electrons. The number of carbonyl (C=O) groups is 1. The highest BCUT2D eigenvalue weighted by Gasteiger charge is 2.18. The first-order valence-electron chi connectivity index (χ1n) is 6.11. The average Bonchev–Trinajstić information content (AvgIpc) is 2.54. The Morgan fingerprint density at radius 1 is 1.39 bits per heavy atom. The van der Waals surface area contributed by atoms with Crippen molar-refractivity contribution in [1.29, 1.82) is 0 Å². The summed E-state index contributed by atoms with van der Waals surface area (Å²) in [5, 5.41) is 4.40. The second-order valence-corrected chi connectivity index (χ2v) is 4.70. The molecule has 1 aromatic heterocycles. The number of nitrogens with zero attached hydrogens (tertiary/aromatic N) is 4. The van der Waals surface area contributed by atoms with Crippen LogP contribution in [0.5, 0.6) is 0 Å². The molecular weight excluding hydrogens is 230 g/mol. The van der Waals surface area contributed by atoms with E-state index in [-0.39, 0.29) is 5.91 Å². The zero-order chi connectivity index (χ0) is 13.9. The number of hydrogen-bond donors (Lipinski definition) is 1. The zero-order valence-corrected chi connectivity index (χ0v) is 11.9. The van der Waals surface area contributed by atoms with E-state index in [1.165, 1.54) is 0 Å². The number of nitrogen functional groups attached to an aromatic ring is 1. The first-order valence-corrected chi connectivity index (χ1v) is 6.11. The summed E-state index contributed by atoms with van der Waals surface area (Å²) < 4.78 is 1.74. The molecule has 0 bridgehead atoms. The summed E-state index contributed by atoms with van der Waals surface area (Å²) in [5.41, 5.74) is 7.67. The maximum Gasteiger partial charge on any atom is 0.241 e. The summed E-state index contributed by atoms with van der Waals surface area (Å²) in [4.78, 5) is 15.1. The molecular formula is C12H23N5O. The largest absolute Gasteiger partial charge is 0.394 e. The number of rotatable bonds is 5. The van der Waals surface area contributed by atoms with Crippen LogP contribution in [0.25, 0.3) is 0 Å². The van der Waals surface area contributed by atoms with E-state index in [0.29, 0.717) is 12.2 Å². The summed E-state index contributed by atoms with van der Waals surface area (Å²) in [6.45, 7) is 2.38. The molecule has 6 heteroatoms. The molecule has 0 aliphatic heterocycles. The minimum atomic E-state index is 0.0372. The lowest BCUT2D eigenvalue weighted by molar-refractivity contribution is -0.127. The van der Waals surface area contributed by atoms with Crippen LogP contribution in [0.1, 0.15) is 19.0 Å². The Kier molecular flexibility index (Phi) is 4.58. The highest BCUT2D eigenvalue weighted by molar-refractivity contribution is 5.82. The molecule has 6 nitrogen and oxygen atoms in total. The second-order valence-electron chi connectivity index (χ2n) is 4.70. The lowest BCUT2D eigenvalue weighted by atomic mass is 10.2. The third kappa shape index (κ3) is 2.94. The van der Waals surface area contributed by atoms with Gasteiger partial charge < -0.3 is 15.5 Å². The van der Waals surface area contributed by atoms with Crippen LogP contribution in [0, 0.1) is 0 Å². The van der Waals surface area contributed by atoms with E-state index in [0.717, 1.165) is 24.4 Å². The number of aromatic nitrogens is 2. The van der Waals surface area contributed by atoms with E-state index in [1.807, 2.05) is 19.0 Å². The molecule has 1 heterocycles. The molecule has 1 aromatic rings. The van der Waals surface area contributed by atoms with Crippen LogP contribution in [0.4, 0.5) is 11.5 Å². The molecule has 0 aromatic carbocycles. The number of anilines is 2. The van der Waals surface area contributed by atoms with Gasteiger partial charge >= 0.3 is 0 Å². The Labute approximate surface area is 108 Å². The van der Waals surface area contributed by atoms with Crippen LogP contribution in [0.15, 0.2) is 0 Å². The van der Waals surface area contributed by atoms with E-state index in [2.05, 4.69) is 12.0 Å². The second kappa shape index (κ2) is 5.75. The monoisotopic (exact) mass is 253 g/mol. The van der Waals surface area contributed by atoms with Gasteiger partial charge in [0.2, 0.25) is 5.91 Å². The first-order chi connectivity index (χ1) is 8.38. The summed E-state index contributed by atoms with van der Waals surface area (Å²) in [6.07, 6.45) is 1.86. The van der Waals surface area contributed by atoms with Crippen molar-refractivity contribution in [2.75, 3.05) is 38.3 Å². The number of carbonyl (C=O) groups excluding carboxylic acids is 1. The molecule has 0 atom stereocenters. The van der Waals surface area contributed by atoms with E-state index < -0.39 is 0 Å². The Hall–Kier alpha value is -1.72. The molecule has 1 amide bonds. The number of aryl methyl sites for hydroxylation is 2. The Balaban J connectivity index is 2.92. The van der Waals surface area contributed by atoms with E-state index in [9.17, 15) is 4.79 Å². The third-order valence-electron chi connectivity index (χ3n) is 2.85. The normalized spacial score (nSPS) is 10.5. The van der Waals surface area contributed by atoms with E-state index in [4.69, 9.17) is 5.73 Å². The van der Waals surface area contributed by atoms with Gasteiger partial charge in [-0.1, -0.05) is 13.3 Å². The highest BCUT2D eigenvalue weighted by Crippen LogP contribution is 2.25. The van der Waals surface area contributed by atoms with Crippen LogP contribution < -0.4 is 10.6 Å². The molecule has 0 saturated carbocycles. The molecule has 0 radical (unpaired) electrons. The third-order valence-corrected chi connectivity index (χ3v) is 2.85. The number of likely N-dealkylation sites (N-methyl/N-ethyl adjacent to an activating group) is 2. The standard InChI is InChI=1S/C12H23N5O/c1-6-7-9-11(13)12(17(5)14-9)16(4)8-10(18)15(2)3/h6-8,13H2,1-5H3. The molecule has 0 aliphatic rings. The quantitative estimate of drug-likeness (QED) is 0.829. The molecule has 0 spiro atoms. The van der Waals surface area contributed by atoms with Crippen molar-refractivity contribution in [3.05, 3.63) is 5.69 Å². The maximum absolute atomic E-state index is 11.7. The van der Waals surface area contributed by atoms with Gasteiger partial charge in [-0.05, 0) is 6.42 Å². The fourth-order valence-electron chi connectivity index (χ4n) is 1.88. The molecule has 2 N–H and O–H groups in total. The fourth-order valence-corrected chi connectivity index (χ4v) is 1.88. The van der Waals surface area contributed by atoms with Gasteiger partial charge in [-0.15, -0.1) is 0 Å². The molecule has 1 rings (SSSR count). The van der Waals surface area contributed by atoms with Crippen molar-refractivity contribution in [2.24, 2.45) is 7.05 Å². The summed E-state index contributed by atoms with van der Waals surface area (Å²) in [5.74, 6) is 0.837. The SMILES string of the molecule is CCCc1nn(C)c(N(C)CC(=O)N(C)C)c1N. The van der Waals surface area contributed by atoms with Crippen molar-refractivity contribution >= 4 is 17.4 Å². The Bertz CT molecular complexity index is 424. The lowest BCUT2D eigenvalue weighted by Gasteiger charge is -2.21. The summed E-state index contributed by atoms with van der Waals surface area (Å²) in [7, 11) is 7.18. The van der Waals surface area contributed by atoms with Gasteiger partial charge in [-0.3, -0.25) is 9.48 Å². The van der Waals surface area contributed by atoms with Gasteiger partial charge in [-0.2, -0.15) is 5.10 Å². The van der Waals surface area contributed by atoms with Crippen LogP contribution in [-0.2, 0) is 18.3 Å². The molecule has 0 aliphatic carbocycles. The number of hydrogen-bond acceptors (Lipinski definition) is 4. The van der Waals surface area contributed by atoms with Gasteiger partial charge in [-0.25, -0.2) is 0 Å². The molecule has 0 saturated heterocycles. The average molecular weight is 253 g/mol. The summed E-state index contributed by atoms with van der Waals surface area (Å²) in [6, 6.07) is 0. The minimum absolute atomic E-state index is 0.0372. The van der Waals surface area contributed by atoms with Crippen molar-refractivity contribution in [3.63, 3.8) is 0 Å². The highest BCUT2D eigenvalue weighted by atomic mass is 16.2. The van der Waals surface area contributed by atoms with Gasteiger partial charge in [0.15, 0.2) is 5.82 Å². The predicted molar refractivity (Wildman–Crippen MR) is 73.6 cm³/mol. The van der Waals surface area contributed by atoms with Crippen LogP contribution in [0.2, 0.25) is 0 Å². The summed E-state index contributed by atoms with van der Waals surface area (Å²) >= 11 is 0. The van der Waals surface area contributed by atoms with Crippen molar-refractivity contribution < 1.29 is 4.79 Å². The number of amides is 1. The van der Waals surface area contributed by atoms with Crippen LogP contribution in [-0.4, -0.2) is 48.3 Å². The van der Waals surface area contributed by atoms with Gasteiger partial charge in [0, 0.05) is 28.2 Å². The smallest absolute Gasteiger partial charge is 0.241 e. The van der Waals surface area contributed by atoms with Crippen molar-refractivity contribution in [1.82, 2.24) is 14.7 Å². The molecule has 18 heavy (non-hydrogen) atoms. The maximum atomic E-state index is 11.7. The number of nitrogens with two attached hydrogens (primary N) is 1. The first kappa shape index (κ1) is 14.3. The van der Waals surface area contributed by atoms with E-state index in [1.54, 1.807) is 23.7 Å². The lowest BCUT2D eigenvalue weighted by Crippen LogP contribution is -2.35. The Morgan fingerprint density at radius 3 is 2.50 bits per heavy atom. The van der Waals surface area contributed by atoms with E-state index >= 15 is 0 Å².